The number of benzene rings is 1. The number of nitrogens with two attached hydrogens (primary N) is 1. The second-order valence-corrected chi connectivity index (χ2v) is 8.75. The third-order valence-corrected chi connectivity index (χ3v) is 6.34. The van der Waals surface area contributed by atoms with Crippen LogP contribution in [0.3, 0.4) is 0 Å². The van der Waals surface area contributed by atoms with E-state index in [-0.39, 0.29) is 22.1 Å². The van der Waals surface area contributed by atoms with E-state index < -0.39 is 24.2 Å². The molecule has 7 nitrogen and oxygen atoms in total. The molecule has 0 saturated carbocycles. The number of carbonyl (C=O) groups is 1. The van der Waals surface area contributed by atoms with Crippen molar-refractivity contribution in [2.24, 2.45) is 10.7 Å². The third-order valence-electron chi connectivity index (χ3n) is 5.28. The fourth-order valence-electron chi connectivity index (χ4n) is 3.70. The number of amidine groups is 1. The summed E-state index contributed by atoms with van der Waals surface area (Å²) in [5, 5.41) is 6.80. The lowest BCUT2D eigenvalue weighted by molar-refractivity contribution is 0.102. The van der Waals surface area contributed by atoms with Crippen molar-refractivity contribution in [2.45, 2.75) is 38.0 Å². The van der Waals surface area contributed by atoms with Gasteiger partial charge in [-0.2, -0.15) is 0 Å². The van der Waals surface area contributed by atoms with Crippen molar-refractivity contribution in [3.63, 3.8) is 0 Å². The van der Waals surface area contributed by atoms with E-state index in [2.05, 4.69) is 20.4 Å². The summed E-state index contributed by atoms with van der Waals surface area (Å²) in [4.78, 5) is 20.7. The number of aromatic nitrogens is 2. The summed E-state index contributed by atoms with van der Waals surface area (Å²) >= 11 is 1.37. The van der Waals surface area contributed by atoms with Gasteiger partial charge < -0.3 is 15.6 Å². The van der Waals surface area contributed by atoms with Crippen LogP contribution < -0.4 is 11.1 Å². The number of pyridine rings is 1. The molecule has 0 unspecified atom stereocenters. The molecule has 1 aliphatic rings. The first-order valence-corrected chi connectivity index (χ1v) is 10.9. The average Bonchev–Trinajstić information content (AvgIpc) is 3.12. The number of nitrogens with one attached hydrogen (secondary N) is 1. The number of aryl methyl sites for hydroxylation is 2. The normalized spacial score (nSPS) is 18.3. The molecule has 1 aliphatic heterocycles. The molecular formula is C22H20F3N5O2S. The van der Waals surface area contributed by atoms with E-state index in [1.165, 1.54) is 36.0 Å². The second-order valence-electron chi connectivity index (χ2n) is 7.53. The van der Waals surface area contributed by atoms with Gasteiger partial charge >= 0.3 is 0 Å². The minimum atomic E-state index is -2.68. The summed E-state index contributed by atoms with van der Waals surface area (Å²) in [5.41, 5.74) is 7.96. The molecule has 0 bridgehead atoms. The fourth-order valence-corrected chi connectivity index (χ4v) is 4.91. The van der Waals surface area contributed by atoms with Crippen molar-refractivity contribution in [1.29, 1.82) is 0 Å². The molecule has 2 aromatic heterocycles. The van der Waals surface area contributed by atoms with Gasteiger partial charge in [-0.05, 0) is 50.6 Å². The Morgan fingerprint density at radius 2 is 2.06 bits per heavy atom. The lowest BCUT2D eigenvalue weighted by atomic mass is 9.97. The van der Waals surface area contributed by atoms with E-state index in [0.29, 0.717) is 23.0 Å². The topological polar surface area (TPSA) is 106 Å². The molecule has 3 aromatic rings. The fraction of sp³-hybridized carbons (Fsp3) is 0.273. The molecule has 0 saturated heterocycles. The summed E-state index contributed by atoms with van der Waals surface area (Å²) < 4.78 is 45.4. The standard InChI is InChI=1S/C22H20F3N5O2S/c1-10-19(11(2)32-30-10)18-8-17(29-22(26)33-18)14-7-13(4-5-15(14)23)28-21(31)16-6-3-12(9-27-16)20(24)25/h3-7,9,17-18,20H,8H2,1-2H3,(H2,26,29)(H,28,31)/t17-,18-/m0/s1. The largest absolute Gasteiger partial charge is 0.379 e. The molecule has 1 amide bonds. The molecule has 11 heteroatoms. The Kier molecular flexibility index (Phi) is 6.41. The number of hydrogen-bond donors (Lipinski definition) is 2. The van der Waals surface area contributed by atoms with Crippen molar-refractivity contribution in [3.8, 4) is 0 Å². The summed E-state index contributed by atoms with van der Waals surface area (Å²) in [6.45, 7) is 3.65. The molecule has 0 aliphatic carbocycles. The second kappa shape index (κ2) is 9.26. The Balaban J connectivity index is 1.56. The van der Waals surface area contributed by atoms with E-state index in [0.717, 1.165) is 23.5 Å². The molecule has 2 atom stereocenters. The van der Waals surface area contributed by atoms with Crippen molar-refractivity contribution in [1.82, 2.24) is 10.1 Å². The number of nitrogens with zero attached hydrogens (tertiary/aromatic N) is 3. The van der Waals surface area contributed by atoms with Crippen LogP contribution in [0, 0.1) is 19.7 Å². The first-order valence-electron chi connectivity index (χ1n) is 10.0. The van der Waals surface area contributed by atoms with Gasteiger partial charge in [0.25, 0.3) is 12.3 Å². The van der Waals surface area contributed by atoms with Gasteiger partial charge in [0.05, 0.1) is 11.7 Å². The van der Waals surface area contributed by atoms with Gasteiger partial charge in [-0.1, -0.05) is 16.9 Å². The van der Waals surface area contributed by atoms with Gasteiger partial charge in [0.2, 0.25) is 0 Å². The number of carbonyl (C=O) groups excluding carboxylic acids is 1. The zero-order valence-corrected chi connectivity index (χ0v) is 18.5. The molecule has 172 valence electrons. The summed E-state index contributed by atoms with van der Waals surface area (Å²) in [7, 11) is 0. The Morgan fingerprint density at radius 3 is 2.70 bits per heavy atom. The Bertz CT molecular complexity index is 1190. The number of amides is 1. The van der Waals surface area contributed by atoms with Crippen LogP contribution >= 0.6 is 11.8 Å². The molecule has 1 aromatic carbocycles. The predicted octanol–water partition coefficient (Wildman–Crippen LogP) is 5.25. The summed E-state index contributed by atoms with van der Waals surface area (Å²) in [5.74, 6) is -0.423. The van der Waals surface area contributed by atoms with Crippen molar-refractivity contribution in [3.05, 3.63) is 76.2 Å². The zero-order chi connectivity index (χ0) is 23.7. The molecule has 4 rings (SSSR count). The van der Waals surface area contributed by atoms with Crippen LogP contribution in [0.1, 0.15) is 62.8 Å². The molecule has 33 heavy (non-hydrogen) atoms. The highest BCUT2D eigenvalue weighted by Crippen LogP contribution is 2.45. The molecule has 0 spiro atoms. The summed E-state index contributed by atoms with van der Waals surface area (Å²) in [6.07, 6.45) is -1.27. The van der Waals surface area contributed by atoms with E-state index in [1.54, 1.807) is 0 Å². The highest BCUT2D eigenvalue weighted by Gasteiger charge is 2.31. The monoisotopic (exact) mass is 475 g/mol. The van der Waals surface area contributed by atoms with E-state index >= 15 is 0 Å². The van der Waals surface area contributed by atoms with Gasteiger partial charge in [0.1, 0.15) is 17.3 Å². The molecule has 3 N–H and O–H groups in total. The van der Waals surface area contributed by atoms with Crippen molar-refractivity contribution in [2.75, 3.05) is 5.32 Å². The highest BCUT2D eigenvalue weighted by atomic mass is 32.2. The number of anilines is 1. The van der Waals surface area contributed by atoms with Crippen LogP contribution in [0.2, 0.25) is 0 Å². The smallest absolute Gasteiger partial charge is 0.274 e. The van der Waals surface area contributed by atoms with Crippen LogP contribution in [0.4, 0.5) is 18.9 Å². The van der Waals surface area contributed by atoms with Gasteiger partial charge in [0.15, 0.2) is 5.17 Å². The Labute approximate surface area is 191 Å². The molecule has 0 fully saturated rings. The number of alkyl halides is 2. The number of halogens is 3. The first kappa shape index (κ1) is 22.8. The van der Waals surface area contributed by atoms with Gasteiger partial charge in [-0.25, -0.2) is 13.2 Å². The molecule has 3 heterocycles. The lowest BCUT2D eigenvalue weighted by Crippen LogP contribution is -2.20. The van der Waals surface area contributed by atoms with Crippen LogP contribution in [0.5, 0.6) is 0 Å². The predicted molar refractivity (Wildman–Crippen MR) is 119 cm³/mol. The highest BCUT2D eigenvalue weighted by molar-refractivity contribution is 8.14. The maximum absolute atomic E-state index is 14.7. The van der Waals surface area contributed by atoms with Gasteiger partial charge in [0, 0.05) is 33.8 Å². The number of rotatable bonds is 5. The Morgan fingerprint density at radius 1 is 1.27 bits per heavy atom. The minimum Gasteiger partial charge on any atom is -0.379 e. The van der Waals surface area contributed by atoms with Crippen LogP contribution in [0.15, 0.2) is 46.0 Å². The maximum Gasteiger partial charge on any atom is 0.274 e. The maximum atomic E-state index is 14.7. The number of hydrogen-bond acceptors (Lipinski definition) is 7. The zero-order valence-electron chi connectivity index (χ0n) is 17.7. The number of aliphatic imine (C=N–C) groups is 1. The molecule has 0 radical (unpaired) electrons. The van der Waals surface area contributed by atoms with Crippen molar-refractivity contribution >= 4 is 28.5 Å². The van der Waals surface area contributed by atoms with Gasteiger partial charge in [-0.15, -0.1) is 0 Å². The third kappa shape index (κ3) is 4.87. The van der Waals surface area contributed by atoms with Gasteiger partial charge in [-0.3, -0.25) is 14.8 Å². The number of thioether (sulfide) groups is 1. The minimum absolute atomic E-state index is 0.0416. The first-order chi connectivity index (χ1) is 15.7. The van der Waals surface area contributed by atoms with Crippen LogP contribution in [0.25, 0.3) is 0 Å². The van der Waals surface area contributed by atoms with E-state index in [1.807, 2.05) is 13.8 Å². The van der Waals surface area contributed by atoms with Crippen LogP contribution in [-0.4, -0.2) is 21.2 Å². The van der Waals surface area contributed by atoms with Crippen molar-refractivity contribution < 1.29 is 22.5 Å². The summed E-state index contributed by atoms with van der Waals surface area (Å²) in [6, 6.07) is 5.89. The van der Waals surface area contributed by atoms with E-state index in [9.17, 15) is 18.0 Å². The van der Waals surface area contributed by atoms with Crippen LogP contribution in [-0.2, 0) is 0 Å². The molecular weight excluding hydrogens is 455 g/mol. The average molecular weight is 475 g/mol. The Hall–Kier alpha value is -3.34. The quantitative estimate of drug-likeness (QED) is 0.522. The lowest BCUT2D eigenvalue weighted by Gasteiger charge is -2.26. The van der Waals surface area contributed by atoms with E-state index in [4.69, 9.17) is 10.3 Å². The SMILES string of the molecule is Cc1noc(C)c1[C@@H]1C[C@@H](c2cc(NC(=O)c3ccc(C(F)F)cn3)ccc2F)N=C(N)S1.